The molecule has 1 N–H and O–H groups in total. The maximum atomic E-state index is 11.0. The molecule has 1 aromatic rings. The summed E-state index contributed by atoms with van der Waals surface area (Å²) in [5.74, 6) is -0.0812. The molecule has 70 valence electrons. The first-order valence-electron chi connectivity index (χ1n) is 3.68. The molecule has 0 saturated carbocycles. The largest absolute Gasteiger partial charge is 0.508 e. The Hall–Kier alpha value is -0.670. The van der Waals surface area contributed by atoms with Crippen molar-refractivity contribution in [1.29, 1.82) is 0 Å². The van der Waals surface area contributed by atoms with Crippen LogP contribution in [0.25, 0.3) is 0 Å². The van der Waals surface area contributed by atoms with Crippen molar-refractivity contribution in [3.05, 3.63) is 23.8 Å². The van der Waals surface area contributed by atoms with Gasteiger partial charge < -0.3 is 5.11 Å². The SMILES string of the molecule is CC(=O)C(Cl)c1cc(O)ccc1S. The van der Waals surface area contributed by atoms with Crippen LogP contribution in [0, 0.1) is 0 Å². The molecule has 0 radical (unpaired) electrons. The first kappa shape index (κ1) is 10.4. The molecule has 0 bridgehead atoms. The molecule has 1 rings (SSSR count). The normalized spacial score (nSPS) is 12.5. The van der Waals surface area contributed by atoms with Gasteiger partial charge in [-0.3, -0.25) is 4.79 Å². The predicted molar refractivity (Wildman–Crippen MR) is 54.6 cm³/mol. The molecule has 4 heteroatoms. The summed E-state index contributed by atoms with van der Waals surface area (Å²) < 4.78 is 0. The van der Waals surface area contributed by atoms with Crippen LogP contribution in [0.1, 0.15) is 17.9 Å². The van der Waals surface area contributed by atoms with Gasteiger partial charge in [-0.25, -0.2) is 0 Å². The van der Waals surface area contributed by atoms with E-state index in [1.807, 2.05) is 0 Å². The molecule has 0 amide bonds. The van der Waals surface area contributed by atoms with Crippen LogP contribution in [0.15, 0.2) is 23.1 Å². The van der Waals surface area contributed by atoms with Crippen molar-refractivity contribution in [3.63, 3.8) is 0 Å². The molecule has 0 spiro atoms. The number of alkyl halides is 1. The molecular weight excluding hydrogens is 208 g/mol. The average molecular weight is 217 g/mol. The molecule has 0 aliphatic carbocycles. The van der Waals surface area contributed by atoms with E-state index in [0.29, 0.717) is 10.5 Å². The Labute approximate surface area is 86.9 Å². The molecule has 0 aliphatic rings. The lowest BCUT2D eigenvalue weighted by molar-refractivity contribution is -0.116. The fraction of sp³-hybridized carbons (Fsp3) is 0.222. The smallest absolute Gasteiger partial charge is 0.152 e. The quantitative estimate of drug-likeness (QED) is 0.589. The Bertz CT molecular complexity index is 338. The Morgan fingerprint density at radius 1 is 1.62 bits per heavy atom. The lowest BCUT2D eigenvalue weighted by Gasteiger charge is -2.08. The van der Waals surface area contributed by atoms with Gasteiger partial charge in [-0.15, -0.1) is 24.2 Å². The van der Waals surface area contributed by atoms with E-state index >= 15 is 0 Å². The standard InChI is InChI=1S/C9H9ClO2S/c1-5(11)9(10)7-4-6(12)2-3-8(7)13/h2-4,9,12-13H,1H3. The van der Waals surface area contributed by atoms with Gasteiger partial charge in [-0.2, -0.15) is 0 Å². The number of aromatic hydroxyl groups is 1. The fourth-order valence-corrected chi connectivity index (χ4v) is 1.49. The molecule has 0 aromatic heterocycles. The van der Waals surface area contributed by atoms with Crippen molar-refractivity contribution in [2.24, 2.45) is 0 Å². The minimum absolute atomic E-state index is 0.0831. The number of thiol groups is 1. The molecule has 0 heterocycles. The van der Waals surface area contributed by atoms with E-state index in [4.69, 9.17) is 16.7 Å². The molecule has 2 nitrogen and oxygen atoms in total. The van der Waals surface area contributed by atoms with Crippen molar-refractivity contribution in [3.8, 4) is 5.75 Å². The molecule has 0 aliphatic heterocycles. The summed E-state index contributed by atoms with van der Waals surface area (Å²) in [5, 5.41) is 8.43. The lowest BCUT2D eigenvalue weighted by atomic mass is 10.1. The van der Waals surface area contributed by atoms with Crippen molar-refractivity contribution in [1.82, 2.24) is 0 Å². The van der Waals surface area contributed by atoms with E-state index in [1.54, 1.807) is 6.07 Å². The van der Waals surface area contributed by atoms with Gasteiger partial charge in [0.25, 0.3) is 0 Å². The monoisotopic (exact) mass is 216 g/mol. The van der Waals surface area contributed by atoms with E-state index < -0.39 is 5.38 Å². The van der Waals surface area contributed by atoms with E-state index in [2.05, 4.69) is 12.6 Å². The van der Waals surface area contributed by atoms with Gasteiger partial charge in [0.15, 0.2) is 5.78 Å². The van der Waals surface area contributed by atoms with Gasteiger partial charge in [-0.1, -0.05) is 0 Å². The van der Waals surface area contributed by atoms with Gasteiger partial charge in [0.2, 0.25) is 0 Å². The summed E-state index contributed by atoms with van der Waals surface area (Å²) in [6.07, 6.45) is 0. The summed E-state index contributed by atoms with van der Waals surface area (Å²) >= 11 is 9.94. The number of ketones is 1. The van der Waals surface area contributed by atoms with Crippen LogP contribution in [0.4, 0.5) is 0 Å². The number of hydrogen-bond donors (Lipinski definition) is 2. The van der Waals surface area contributed by atoms with Crippen LogP contribution in [0.2, 0.25) is 0 Å². The van der Waals surface area contributed by atoms with Crippen LogP contribution in [0.5, 0.6) is 5.75 Å². The first-order valence-corrected chi connectivity index (χ1v) is 4.57. The third-order valence-corrected chi connectivity index (χ3v) is 2.59. The molecule has 1 atom stereocenters. The lowest BCUT2D eigenvalue weighted by Crippen LogP contribution is -2.02. The number of Topliss-reactive ketones (excluding diaryl/α,β-unsaturated/α-hetero) is 1. The summed E-state index contributed by atoms with van der Waals surface area (Å²) in [7, 11) is 0. The number of benzene rings is 1. The van der Waals surface area contributed by atoms with Crippen LogP contribution in [-0.4, -0.2) is 10.9 Å². The first-order chi connectivity index (χ1) is 6.02. The van der Waals surface area contributed by atoms with Crippen LogP contribution >= 0.6 is 24.2 Å². The van der Waals surface area contributed by atoms with Crippen LogP contribution < -0.4 is 0 Å². The fourth-order valence-electron chi connectivity index (χ4n) is 0.964. The average Bonchev–Trinajstić information content (AvgIpc) is 2.08. The Kier molecular flexibility index (Phi) is 3.22. The number of phenolic OH excluding ortho intramolecular Hbond substituents is 1. The van der Waals surface area contributed by atoms with Crippen LogP contribution in [0.3, 0.4) is 0 Å². The zero-order chi connectivity index (χ0) is 10.0. The summed E-state index contributed by atoms with van der Waals surface area (Å²) in [5.41, 5.74) is 0.539. The number of carbonyl (C=O) groups excluding carboxylic acids is 1. The van der Waals surface area contributed by atoms with Crippen LogP contribution in [-0.2, 0) is 4.79 Å². The Morgan fingerprint density at radius 2 is 2.23 bits per heavy atom. The van der Waals surface area contributed by atoms with Gasteiger partial charge >= 0.3 is 0 Å². The summed E-state index contributed by atoms with van der Waals surface area (Å²) in [6.45, 7) is 1.40. The molecular formula is C9H9ClO2S. The van der Waals surface area contributed by atoms with E-state index in [1.165, 1.54) is 19.1 Å². The molecule has 0 saturated heterocycles. The third-order valence-electron chi connectivity index (χ3n) is 1.64. The maximum absolute atomic E-state index is 11.0. The molecule has 1 unspecified atom stereocenters. The Balaban J connectivity index is 3.12. The highest BCUT2D eigenvalue weighted by atomic mass is 35.5. The third kappa shape index (κ3) is 2.39. The Morgan fingerprint density at radius 3 is 2.77 bits per heavy atom. The highest BCUT2D eigenvalue weighted by Gasteiger charge is 2.16. The van der Waals surface area contributed by atoms with Crippen molar-refractivity contribution >= 4 is 30.0 Å². The minimum Gasteiger partial charge on any atom is -0.508 e. The molecule has 1 aromatic carbocycles. The zero-order valence-corrected chi connectivity index (χ0v) is 8.64. The van der Waals surface area contributed by atoms with E-state index in [9.17, 15) is 4.79 Å². The number of rotatable bonds is 2. The molecule has 0 fully saturated rings. The van der Waals surface area contributed by atoms with Gasteiger partial charge in [-0.05, 0) is 30.7 Å². The number of carbonyl (C=O) groups is 1. The summed E-state index contributed by atoms with van der Waals surface area (Å²) in [4.78, 5) is 11.6. The van der Waals surface area contributed by atoms with Gasteiger partial charge in [0, 0.05) is 4.90 Å². The second-order valence-corrected chi connectivity index (χ2v) is 3.63. The number of hydrogen-bond acceptors (Lipinski definition) is 3. The second-order valence-electron chi connectivity index (χ2n) is 2.72. The minimum atomic E-state index is -0.736. The van der Waals surface area contributed by atoms with Crippen molar-refractivity contribution in [2.45, 2.75) is 17.2 Å². The van der Waals surface area contributed by atoms with Crippen molar-refractivity contribution in [2.75, 3.05) is 0 Å². The number of halogens is 1. The topological polar surface area (TPSA) is 37.3 Å². The van der Waals surface area contributed by atoms with Gasteiger partial charge in [0.05, 0.1) is 0 Å². The highest BCUT2D eigenvalue weighted by Crippen LogP contribution is 2.30. The summed E-state index contributed by atoms with van der Waals surface area (Å²) in [6, 6.07) is 4.54. The highest BCUT2D eigenvalue weighted by molar-refractivity contribution is 7.80. The second kappa shape index (κ2) is 4.03. The van der Waals surface area contributed by atoms with E-state index in [-0.39, 0.29) is 11.5 Å². The number of phenols is 1. The van der Waals surface area contributed by atoms with E-state index in [0.717, 1.165) is 0 Å². The predicted octanol–water partition coefficient (Wildman–Crippen LogP) is 2.55. The molecule has 13 heavy (non-hydrogen) atoms. The van der Waals surface area contributed by atoms with Gasteiger partial charge in [0.1, 0.15) is 11.1 Å². The zero-order valence-electron chi connectivity index (χ0n) is 6.99. The van der Waals surface area contributed by atoms with Crippen molar-refractivity contribution < 1.29 is 9.90 Å². The maximum Gasteiger partial charge on any atom is 0.152 e.